The lowest BCUT2D eigenvalue weighted by molar-refractivity contribution is 0.412. The number of nitrogens with one attached hydrogen (secondary N) is 2. The molecular weight excluding hydrogens is 445 g/mol. The Hall–Kier alpha value is -0.500. The topological polar surface area (TPSA) is 45.7 Å². The summed E-state index contributed by atoms with van der Waals surface area (Å²) < 4.78 is 6.18. The largest absolute Gasteiger partial charge is 0.496 e. The van der Waals surface area contributed by atoms with Crippen LogP contribution in [0.5, 0.6) is 5.75 Å². The molecular formula is C15H25BrIN3O. The van der Waals surface area contributed by atoms with Gasteiger partial charge in [0.05, 0.1) is 11.6 Å². The molecule has 0 radical (unpaired) electrons. The summed E-state index contributed by atoms with van der Waals surface area (Å²) in [6.07, 6.45) is 0. The average molecular weight is 470 g/mol. The number of guanidine groups is 1. The van der Waals surface area contributed by atoms with Gasteiger partial charge in [0.1, 0.15) is 5.75 Å². The van der Waals surface area contributed by atoms with E-state index in [9.17, 15) is 0 Å². The van der Waals surface area contributed by atoms with Crippen LogP contribution >= 0.6 is 39.9 Å². The van der Waals surface area contributed by atoms with Gasteiger partial charge in [-0.05, 0) is 46.5 Å². The summed E-state index contributed by atoms with van der Waals surface area (Å²) >= 11 is 3.49. The Bertz CT molecular complexity index is 466. The summed E-state index contributed by atoms with van der Waals surface area (Å²) in [6.45, 7) is 7.24. The third-order valence-corrected chi connectivity index (χ3v) is 3.88. The molecule has 0 bridgehead atoms. The molecule has 2 N–H and O–H groups in total. The third-order valence-electron chi connectivity index (χ3n) is 3.26. The first kappa shape index (κ1) is 20.5. The van der Waals surface area contributed by atoms with Crippen LogP contribution in [0.3, 0.4) is 0 Å². The first-order valence-electron chi connectivity index (χ1n) is 6.77. The smallest absolute Gasteiger partial charge is 0.191 e. The molecule has 0 spiro atoms. The van der Waals surface area contributed by atoms with Gasteiger partial charge in [0.2, 0.25) is 0 Å². The fraction of sp³-hybridized carbons (Fsp3) is 0.533. The first-order chi connectivity index (χ1) is 9.47. The van der Waals surface area contributed by atoms with Crippen molar-refractivity contribution in [2.45, 2.75) is 33.4 Å². The number of rotatable bonds is 5. The van der Waals surface area contributed by atoms with Crippen molar-refractivity contribution in [2.24, 2.45) is 10.9 Å². The predicted molar refractivity (Wildman–Crippen MR) is 104 cm³/mol. The van der Waals surface area contributed by atoms with Crippen LogP contribution in [0.15, 0.2) is 27.7 Å². The second kappa shape index (κ2) is 10.3. The van der Waals surface area contributed by atoms with E-state index in [0.717, 1.165) is 21.7 Å². The van der Waals surface area contributed by atoms with Crippen molar-refractivity contribution in [1.29, 1.82) is 0 Å². The number of hydrogen-bond donors (Lipinski definition) is 2. The van der Waals surface area contributed by atoms with E-state index in [1.807, 2.05) is 18.2 Å². The fourth-order valence-corrected chi connectivity index (χ4v) is 2.17. The van der Waals surface area contributed by atoms with Crippen LogP contribution in [0.25, 0.3) is 0 Å². The van der Waals surface area contributed by atoms with Gasteiger partial charge >= 0.3 is 0 Å². The fourth-order valence-electron chi connectivity index (χ4n) is 1.58. The van der Waals surface area contributed by atoms with Crippen LogP contribution in [0.2, 0.25) is 0 Å². The number of ether oxygens (including phenoxy) is 1. The summed E-state index contributed by atoms with van der Waals surface area (Å²) in [5.41, 5.74) is 1.16. The number of halogens is 2. The van der Waals surface area contributed by atoms with Crippen LogP contribution in [0.4, 0.5) is 0 Å². The molecule has 6 heteroatoms. The molecule has 0 fully saturated rings. The molecule has 120 valence electrons. The van der Waals surface area contributed by atoms with E-state index in [1.54, 1.807) is 14.2 Å². The van der Waals surface area contributed by atoms with Gasteiger partial charge in [0.25, 0.3) is 0 Å². The Morgan fingerprint density at radius 2 is 2.00 bits per heavy atom. The minimum absolute atomic E-state index is 0. The molecule has 0 saturated carbocycles. The zero-order valence-corrected chi connectivity index (χ0v) is 17.2. The van der Waals surface area contributed by atoms with Crippen molar-refractivity contribution in [3.05, 3.63) is 28.2 Å². The van der Waals surface area contributed by atoms with Gasteiger partial charge in [0, 0.05) is 19.6 Å². The van der Waals surface area contributed by atoms with Crippen molar-refractivity contribution in [2.75, 3.05) is 14.2 Å². The minimum Gasteiger partial charge on any atom is -0.496 e. The number of methoxy groups -OCH3 is 1. The molecule has 1 rings (SSSR count). The van der Waals surface area contributed by atoms with Crippen molar-refractivity contribution in [1.82, 2.24) is 10.6 Å². The van der Waals surface area contributed by atoms with E-state index < -0.39 is 0 Å². The van der Waals surface area contributed by atoms with Gasteiger partial charge in [-0.25, -0.2) is 0 Å². The molecule has 1 atom stereocenters. The maximum absolute atomic E-state index is 5.22. The summed E-state index contributed by atoms with van der Waals surface area (Å²) in [5.74, 6) is 2.21. The highest BCUT2D eigenvalue weighted by Gasteiger charge is 2.09. The lowest BCUT2D eigenvalue weighted by Gasteiger charge is -2.20. The third kappa shape index (κ3) is 6.86. The van der Waals surface area contributed by atoms with E-state index in [-0.39, 0.29) is 24.0 Å². The van der Waals surface area contributed by atoms with Crippen LogP contribution in [0, 0.1) is 5.92 Å². The van der Waals surface area contributed by atoms with Gasteiger partial charge < -0.3 is 15.4 Å². The Morgan fingerprint density at radius 1 is 1.33 bits per heavy atom. The molecule has 1 aromatic carbocycles. The molecule has 1 unspecified atom stereocenters. The van der Waals surface area contributed by atoms with Crippen LogP contribution in [0.1, 0.15) is 26.3 Å². The van der Waals surface area contributed by atoms with Gasteiger partial charge in [0.15, 0.2) is 5.96 Å². The number of benzene rings is 1. The summed E-state index contributed by atoms with van der Waals surface area (Å²) in [4.78, 5) is 4.24. The SMILES string of the molecule is CN=C(NCc1ccc(OC)c(Br)c1)NC(C)C(C)C.I. The van der Waals surface area contributed by atoms with Gasteiger partial charge in [-0.3, -0.25) is 4.99 Å². The summed E-state index contributed by atoms with van der Waals surface area (Å²) in [5, 5.41) is 6.69. The second-order valence-corrected chi connectivity index (χ2v) is 5.93. The van der Waals surface area contributed by atoms with Gasteiger partial charge in [-0.15, -0.1) is 24.0 Å². The molecule has 0 saturated heterocycles. The maximum atomic E-state index is 5.22. The highest BCUT2D eigenvalue weighted by Crippen LogP contribution is 2.25. The molecule has 0 heterocycles. The Kier molecular flexibility index (Phi) is 10.0. The average Bonchev–Trinajstić information content (AvgIpc) is 2.43. The molecule has 0 aromatic heterocycles. The second-order valence-electron chi connectivity index (χ2n) is 5.07. The Morgan fingerprint density at radius 3 is 2.48 bits per heavy atom. The quantitative estimate of drug-likeness (QED) is 0.392. The minimum atomic E-state index is 0. The van der Waals surface area contributed by atoms with Crippen molar-refractivity contribution >= 4 is 45.9 Å². The highest BCUT2D eigenvalue weighted by atomic mass is 127. The normalized spacial score (nSPS) is 12.6. The molecule has 0 aliphatic heterocycles. The first-order valence-corrected chi connectivity index (χ1v) is 7.56. The van der Waals surface area contributed by atoms with Crippen molar-refractivity contribution in [3.8, 4) is 5.75 Å². The molecule has 0 amide bonds. The molecule has 4 nitrogen and oxygen atoms in total. The van der Waals surface area contributed by atoms with Crippen LogP contribution < -0.4 is 15.4 Å². The molecule has 1 aromatic rings. The maximum Gasteiger partial charge on any atom is 0.191 e. The van der Waals surface area contributed by atoms with E-state index in [4.69, 9.17) is 4.74 Å². The zero-order valence-electron chi connectivity index (χ0n) is 13.2. The monoisotopic (exact) mass is 469 g/mol. The number of aliphatic imine (C=N–C) groups is 1. The molecule has 0 aliphatic rings. The van der Waals surface area contributed by atoms with E-state index >= 15 is 0 Å². The predicted octanol–water partition coefficient (Wildman–Crippen LogP) is 3.79. The highest BCUT2D eigenvalue weighted by molar-refractivity contribution is 14.0. The summed E-state index contributed by atoms with van der Waals surface area (Å²) in [7, 11) is 3.45. The Labute approximate surface area is 153 Å². The van der Waals surface area contributed by atoms with E-state index in [0.29, 0.717) is 18.5 Å². The Balaban J connectivity index is 0.00000400. The lowest BCUT2D eigenvalue weighted by Crippen LogP contribution is -2.43. The van der Waals surface area contributed by atoms with Gasteiger partial charge in [-0.1, -0.05) is 19.9 Å². The van der Waals surface area contributed by atoms with Crippen LogP contribution in [-0.4, -0.2) is 26.2 Å². The van der Waals surface area contributed by atoms with Crippen molar-refractivity contribution < 1.29 is 4.74 Å². The molecule has 21 heavy (non-hydrogen) atoms. The zero-order chi connectivity index (χ0) is 15.1. The lowest BCUT2D eigenvalue weighted by atomic mass is 10.1. The van der Waals surface area contributed by atoms with Gasteiger partial charge in [-0.2, -0.15) is 0 Å². The summed E-state index contributed by atoms with van der Waals surface area (Å²) in [6, 6.07) is 6.41. The standard InChI is InChI=1S/C15H24BrN3O.HI/c1-10(2)11(3)19-15(17-4)18-9-12-6-7-14(20-5)13(16)8-12;/h6-8,10-11H,9H2,1-5H3,(H2,17,18,19);1H. The number of hydrogen-bond acceptors (Lipinski definition) is 2. The number of nitrogens with zero attached hydrogens (tertiary/aromatic N) is 1. The molecule has 0 aliphatic carbocycles. The van der Waals surface area contributed by atoms with E-state index in [1.165, 1.54) is 0 Å². The van der Waals surface area contributed by atoms with Crippen LogP contribution in [-0.2, 0) is 6.54 Å². The van der Waals surface area contributed by atoms with Crippen molar-refractivity contribution in [3.63, 3.8) is 0 Å². The van der Waals surface area contributed by atoms with E-state index in [2.05, 4.69) is 52.3 Å².